The number of ether oxygens (including phenoxy) is 2. The molecule has 0 spiro atoms. The van der Waals surface area contributed by atoms with Crippen LogP contribution in [-0.4, -0.2) is 23.5 Å². The molecule has 5 heteroatoms. The first-order valence-electron chi connectivity index (χ1n) is 9.87. The zero-order valence-corrected chi connectivity index (χ0v) is 17.5. The largest absolute Gasteiger partial charge is 0.428 e. The highest BCUT2D eigenvalue weighted by molar-refractivity contribution is 6.30. The molecule has 0 saturated carbocycles. The molecule has 2 bridgehead atoms. The van der Waals surface area contributed by atoms with Crippen LogP contribution >= 0.6 is 11.6 Å². The molecule has 4 rings (SSSR count). The lowest BCUT2D eigenvalue weighted by Gasteiger charge is -2.32. The molecule has 2 aromatic rings. The molecule has 1 fully saturated rings. The highest BCUT2D eigenvalue weighted by Gasteiger charge is 2.52. The normalized spacial score (nSPS) is 23.4. The Balaban J connectivity index is 1.86. The smallest absolute Gasteiger partial charge is 0.307 e. The van der Waals surface area contributed by atoms with E-state index in [4.69, 9.17) is 21.1 Å². The quantitative estimate of drug-likeness (QED) is 0.636. The van der Waals surface area contributed by atoms with Gasteiger partial charge in [-0.3, -0.25) is 9.59 Å². The number of ketones is 1. The third-order valence-corrected chi connectivity index (χ3v) is 5.97. The zero-order valence-electron chi connectivity index (χ0n) is 16.8. The number of halogens is 1. The molecule has 2 atom stereocenters. The number of benzene rings is 2. The van der Waals surface area contributed by atoms with Gasteiger partial charge in [0.2, 0.25) is 0 Å². The van der Waals surface area contributed by atoms with Crippen LogP contribution in [0.2, 0.25) is 5.02 Å². The summed E-state index contributed by atoms with van der Waals surface area (Å²) in [4.78, 5) is 25.1. The van der Waals surface area contributed by atoms with E-state index in [1.807, 2.05) is 43.3 Å². The summed E-state index contributed by atoms with van der Waals surface area (Å²) in [5, 5.41) is 0.689. The molecule has 0 radical (unpaired) electrons. The molecule has 0 aliphatic carbocycles. The van der Waals surface area contributed by atoms with E-state index >= 15 is 0 Å². The van der Waals surface area contributed by atoms with Gasteiger partial charge in [0.25, 0.3) is 0 Å². The first-order valence-corrected chi connectivity index (χ1v) is 10.2. The highest BCUT2D eigenvalue weighted by Crippen LogP contribution is 2.46. The maximum absolute atomic E-state index is 13.4. The van der Waals surface area contributed by atoms with Crippen molar-refractivity contribution in [3.63, 3.8) is 0 Å². The lowest BCUT2D eigenvalue weighted by atomic mass is 9.85. The van der Waals surface area contributed by atoms with Crippen LogP contribution in [-0.2, 0) is 25.5 Å². The lowest BCUT2D eigenvalue weighted by Crippen LogP contribution is -2.41. The Kier molecular flexibility index (Phi) is 5.09. The van der Waals surface area contributed by atoms with Crippen LogP contribution in [0.15, 0.2) is 48.2 Å². The molecule has 150 valence electrons. The van der Waals surface area contributed by atoms with Crippen molar-refractivity contribution in [2.45, 2.75) is 51.7 Å². The minimum absolute atomic E-state index is 0.114. The summed E-state index contributed by atoms with van der Waals surface area (Å²) in [5.41, 5.74) is 3.56. The van der Waals surface area contributed by atoms with Gasteiger partial charge in [-0.25, -0.2) is 0 Å². The number of Topliss-reactive ketones (excluding diaryl/α,β-unsaturated/α-hetero) is 1. The van der Waals surface area contributed by atoms with Crippen LogP contribution in [0, 0.1) is 0 Å². The zero-order chi connectivity index (χ0) is 20.8. The predicted molar refractivity (Wildman–Crippen MR) is 112 cm³/mol. The van der Waals surface area contributed by atoms with E-state index in [0.717, 1.165) is 28.7 Å². The Hall–Kier alpha value is -2.43. The van der Waals surface area contributed by atoms with Gasteiger partial charge in [0, 0.05) is 11.9 Å². The average Bonchev–Trinajstić information content (AvgIpc) is 3.07. The van der Waals surface area contributed by atoms with E-state index < -0.39 is 11.6 Å². The Labute approximate surface area is 175 Å². The average molecular weight is 411 g/mol. The van der Waals surface area contributed by atoms with E-state index in [0.29, 0.717) is 29.2 Å². The molecule has 2 aliphatic rings. The lowest BCUT2D eigenvalue weighted by molar-refractivity contribution is -0.145. The van der Waals surface area contributed by atoms with Gasteiger partial charge < -0.3 is 9.47 Å². The Bertz CT molecular complexity index is 1020. The fourth-order valence-corrected chi connectivity index (χ4v) is 4.33. The number of esters is 1. The number of carbonyl (C=O) groups is 2. The second-order valence-electron chi connectivity index (χ2n) is 7.77. The molecule has 2 aromatic carbocycles. The van der Waals surface area contributed by atoms with E-state index in [1.165, 1.54) is 6.92 Å². The van der Waals surface area contributed by atoms with Crippen LogP contribution < -0.4 is 0 Å². The van der Waals surface area contributed by atoms with Crippen molar-refractivity contribution < 1.29 is 19.1 Å². The number of aryl methyl sites for hydroxylation is 1. The number of carbonyl (C=O) groups excluding carboxylic acids is 2. The number of rotatable bonds is 4. The van der Waals surface area contributed by atoms with Crippen molar-refractivity contribution in [2.75, 3.05) is 0 Å². The van der Waals surface area contributed by atoms with Crippen molar-refractivity contribution in [1.29, 1.82) is 0 Å². The van der Waals surface area contributed by atoms with Crippen molar-refractivity contribution in [2.24, 2.45) is 0 Å². The maximum atomic E-state index is 13.4. The van der Waals surface area contributed by atoms with Gasteiger partial charge in [-0.05, 0) is 60.6 Å². The van der Waals surface area contributed by atoms with Gasteiger partial charge in [-0.2, -0.15) is 0 Å². The first-order chi connectivity index (χ1) is 13.8. The Morgan fingerprint density at radius 2 is 1.90 bits per heavy atom. The molecule has 0 amide bonds. The van der Waals surface area contributed by atoms with E-state index in [1.54, 1.807) is 0 Å². The van der Waals surface area contributed by atoms with Crippen LogP contribution in [0.25, 0.3) is 16.7 Å². The third-order valence-electron chi connectivity index (χ3n) is 5.72. The second kappa shape index (κ2) is 7.43. The molecule has 0 unspecified atom stereocenters. The van der Waals surface area contributed by atoms with E-state index in [2.05, 4.69) is 13.0 Å². The second-order valence-corrected chi connectivity index (χ2v) is 8.21. The molecule has 2 aliphatic heterocycles. The van der Waals surface area contributed by atoms with Crippen LogP contribution in [0.5, 0.6) is 0 Å². The Morgan fingerprint density at radius 1 is 1.21 bits per heavy atom. The van der Waals surface area contributed by atoms with Crippen molar-refractivity contribution in [1.82, 2.24) is 0 Å². The summed E-state index contributed by atoms with van der Waals surface area (Å²) in [6.45, 7) is 5.23. The molecule has 1 saturated heterocycles. The third kappa shape index (κ3) is 3.52. The van der Waals surface area contributed by atoms with E-state index in [9.17, 15) is 9.59 Å². The van der Waals surface area contributed by atoms with Gasteiger partial charge in [-0.1, -0.05) is 48.9 Å². The molecule has 2 heterocycles. The molecule has 29 heavy (non-hydrogen) atoms. The van der Waals surface area contributed by atoms with Gasteiger partial charge in [0.15, 0.2) is 5.78 Å². The summed E-state index contributed by atoms with van der Waals surface area (Å²) in [5.74, 6) is -0.205. The summed E-state index contributed by atoms with van der Waals surface area (Å²) in [6, 6.07) is 13.7. The fraction of sp³-hybridized carbons (Fsp3) is 0.333. The van der Waals surface area contributed by atoms with Gasteiger partial charge in [0.05, 0.1) is 5.57 Å². The number of hydrogen-bond acceptors (Lipinski definition) is 4. The van der Waals surface area contributed by atoms with Crippen molar-refractivity contribution in [3.8, 4) is 11.1 Å². The van der Waals surface area contributed by atoms with Crippen molar-refractivity contribution >= 4 is 28.9 Å². The first kappa shape index (κ1) is 19.9. The van der Waals surface area contributed by atoms with Gasteiger partial charge >= 0.3 is 5.97 Å². The van der Waals surface area contributed by atoms with E-state index in [-0.39, 0.29) is 11.9 Å². The minimum atomic E-state index is -0.858. The van der Waals surface area contributed by atoms with Crippen LogP contribution in [0.4, 0.5) is 0 Å². The molecular weight excluding hydrogens is 388 g/mol. The molecule has 0 aromatic heterocycles. The topological polar surface area (TPSA) is 52.6 Å². The maximum Gasteiger partial charge on any atom is 0.307 e. The SMILES string of the molecule is CCc1cc(-c2ccc(Cl)cc2)ccc1C1=C(OC(C)=O)[C@@H]2CC[C@@](C)(O2)C1=O. The monoisotopic (exact) mass is 410 g/mol. The van der Waals surface area contributed by atoms with Gasteiger partial charge in [0.1, 0.15) is 17.5 Å². The number of fused-ring (bicyclic) bond motifs is 2. The van der Waals surface area contributed by atoms with Crippen molar-refractivity contribution in [3.05, 3.63) is 64.4 Å². The Morgan fingerprint density at radius 3 is 2.55 bits per heavy atom. The fourth-order valence-electron chi connectivity index (χ4n) is 4.21. The van der Waals surface area contributed by atoms with Gasteiger partial charge in [-0.15, -0.1) is 0 Å². The molecule has 0 N–H and O–H groups in total. The molecular formula is C24H23ClO4. The standard InChI is InChI=1S/C24H23ClO4/c1-4-15-13-17(16-5-8-18(25)9-6-16)7-10-19(15)21-22(28-14(2)26)20-11-12-24(3,29-20)23(21)27/h5-10,13,20H,4,11-12H2,1-3H3/t20-,24+/m0/s1. The van der Waals surface area contributed by atoms with Crippen LogP contribution in [0.3, 0.4) is 0 Å². The molecule has 4 nitrogen and oxygen atoms in total. The van der Waals surface area contributed by atoms with Crippen LogP contribution in [0.1, 0.15) is 44.7 Å². The summed E-state index contributed by atoms with van der Waals surface area (Å²) >= 11 is 6.01. The minimum Gasteiger partial charge on any atom is -0.428 e. The summed E-state index contributed by atoms with van der Waals surface area (Å²) < 4.78 is 11.5. The predicted octanol–water partition coefficient (Wildman–Crippen LogP) is 5.36. The summed E-state index contributed by atoms with van der Waals surface area (Å²) in [7, 11) is 0. The summed E-state index contributed by atoms with van der Waals surface area (Å²) in [6.07, 6.45) is 1.66. The number of hydrogen-bond donors (Lipinski definition) is 0. The highest BCUT2D eigenvalue weighted by atomic mass is 35.5.